The van der Waals surface area contributed by atoms with Gasteiger partial charge in [-0.25, -0.2) is 0 Å². The molecule has 5 heteroatoms. The van der Waals surface area contributed by atoms with Crippen molar-refractivity contribution in [3.05, 3.63) is 0 Å². The van der Waals surface area contributed by atoms with Crippen molar-refractivity contribution in [1.82, 2.24) is 0 Å². The molecule has 0 spiro atoms. The van der Waals surface area contributed by atoms with E-state index in [-0.39, 0.29) is 12.0 Å². The van der Waals surface area contributed by atoms with Gasteiger partial charge in [0.2, 0.25) is 0 Å². The van der Waals surface area contributed by atoms with E-state index >= 15 is 0 Å². The smallest absolute Gasteiger partial charge is 0.361 e. The second kappa shape index (κ2) is 5.44. The van der Waals surface area contributed by atoms with Crippen molar-refractivity contribution < 1.29 is 18.7 Å². The van der Waals surface area contributed by atoms with E-state index in [0.717, 1.165) is 0 Å². The van der Waals surface area contributed by atoms with E-state index in [4.69, 9.17) is 9.05 Å². The van der Waals surface area contributed by atoms with Gasteiger partial charge in [0.05, 0.1) is 12.7 Å². The van der Waals surface area contributed by atoms with Crippen LogP contribution in [0.1, 0.15) is 41.5 Å². The third-order valence-corrected chi connectivity index (χ3v) is 4.13. The third kappa shape index (κ3) is 5.12. The molecule has 0 aromatic rings. The molecular formula is C10H23O4P. The van der Waals surface area contributed by atoms with E-state index in [2.05, 4.69) is 0 Å². The van der Waals surface area contributed by atoms with Crippen LogP contribution in [0, 0.1) is 5.92 Å². The van der Waals surface area contributed by atoms with Crippen molar-refractivity contribution in [2.45, 2.75) is 53.0 Å². The minimum atomic E-state index is -3.46. The Kier molecular flexibility index (Phi) is 5.48. The average Bonchev–Trinajstić information content (AvgIpc) is 1.97. The predicted molar refractivity (Wildman–Crippen MR) is 60.9 cm³/mol. The van der Waals surface area contributed by atoms with Gasteiger partial charge < -0.3 is 14.2 Å². The Bertz CT molecular complexity index is 230. The SMILES string of the molecule is CC(C)COP(=O)(OC(C)C)C(C)(C)O. The summed E-state index contributed by atoms with van der Waals surface area (Å²) in [7, 11) is -3.46. The van der Waals surface area contributed by atoms with Crippen molar-refractivity contribution >= 4 is 7.60 Å². The zero-order valence-corrected chi connectivity index (χ0v) is 11.4. The standard InChI is InChI=1S/C10H23O4P/c1-8(2)7-13-15(12,10(5,6)11)14-9(3)4/h8-9,11H,7H2,1-6H3. The van der Waals surface area contributed by atoms with Gasteiger partial charge in [0.1, 0.15) is 0 Å². The van der Waals surface area contributed by atoms with Crippen molar-refractivity contribution in [3.8, 4) is 0 Å². The summed E-state index contributed by atoms with van der Waals surface area (Å²) >= 11 is 0. The van der Waals surface area contributed by atoms with Gasteiger partial charge in [0, 0.05) is 0 Å². The molecule has 0 aliphatic heterocycles. The zero-order valence-electron chi connectivity index (χ0n) is 10.5. The molecule has 0 aliphatic carbocycles. The molecule has 4 nitrogen and oxygen atoms in total. The zero-order chi connectivity index (χ0) is 12.3. The maximum Gasteiger partial charge on any atom is 0.361 e. The van der Waals surface area contributed by atoms with Crippen molar-refractivity contribution in [2.75, 3.05) is 6.61 Å². The first-order valence-electron chi connectivity index (χ1n) is 5.24. The van der Waals surface area contributed by atoms with Gasteiger partial charge in [0.25, 0.3) is 0 Å². The Hall–Kier alpha value is 0.110. The minimum Gasteiger partial charge on any atom is -0.378 e. The van der Waals surface area contributed by atoms with Crippen LogP contribution < -0.4 is 0 Å². The van der Waals surface area contributed by atoms with Crippen LogP contribution in [-0.2, 0) is 13.6 Å². The lowest BCUT2D eigenvalue weighted by atomic mass is 10.2. The van der Waals surface area contributed by atoms with Crippen LogP contribution in [0.2, 0.25) is 0 Å². The summed E-state index contributed by atoms with van der Waals surface area (Å²) in [6.07, 6.45) is -0.241. The molecule has 92 valence electrons. The molecule has 0 bridgehead atoms. The summed E-state index contributed by atoms with van der Waals surface area (Å²) in [6.45, 7) is 10.6. The van der Waals surface area contributed by atoms with Gasteiger partial charge in [-0.1, -0.05) is 13.8 Å². The average molecular weight is 238 g/mol. The minimum absolute atomic E-state index is 0.241. The molecule has 0 fully saturated rings. The number of aliphatic hydroxyl groups is 1. The second-order valence-corrected chi connectivity index (χ2v) is 7.39. The Morgan fingerprint density at radius 2 is 1.73 bits per heavy atom. The first kappa shape index (κ1) is 15.1. The lowest BCUT2D eigenvalue weighted by Crippen LogP contribution is -2.25. The molecule has 0 heterocycles. The molecule has 0 amide bonds. The highest BCUT2D eigenvalue weighted by atomic mass is 31.2. The van der Waals surface area contributed by atoms with Crippen molar-refractivity contribution in [1.29, 1.82) is 0 Å². The van der Waals surface area contributed by atoms with Crippen molar-refractivity contribution in [2.24, 2.45) is 5.92 Å². The molecule has 0 aromatic carbocycles. The topological polar surface area (TPSA) is 55.8 Å². The first-order chi connectivity index (χ1) is 6.58. The highest BCUT2D eigenvalue weighted by Crippen LogP contribution is 2.59. The summed E-state index contributed by atoms with van der Waals surface area (Å²) in [4.78, 5) is 0. The monoisotopic (exact) mass is 238 g/mol. The largest absolute Gasteiger partial charge is 0.378 e. The van der Waals surface area contributed by atoms with Crippen LogP contribution in [0.5, 0.6) is 0 Å². The number of rotatable bonds is 6. The van der Waals surface area contributed by atoms with Gasteiger partial charge in [-0.05, 0) is 33.6 Å². The third-order valence-electron chi connectivity index (χ3n) is 1.60. The van der Waals surface area contributed by atoms with Crippen LogP contribution >= 0.6 is 7.60 Å². The normalized spacial score (nSPS) is 17.1. The summed E-state index contributed by atoms with van der Waals surface area (Å²) in [5.41, 5.74) is 0. The molecule has 1 N–H and O–H groups in total. The Morgan fingerprint density at radius 3 is 2.00 bits per heavy atom. The lowest BCUT2D eigenvalue weighted by molar-refractivity contribution is 0.0728. The summed E-state index contributed by atoms with van der Waals surface area (Å²) in [6, 6.07) is 0. The molecule has 0 saturated heterocycles. The highest BCUT2D eigenvalue weighted by Gasteiger charge is 2.42. The first-order valence-corrected chi connectivity index (χ1v) is 6.78. The fourth-order valence-electron chi connectivity index (χ4n) is 0.842. The quantitative estimate of drug-likeness (QED) is 0.723. The summed E-state index contributed by atoms with van der Waals surface area (Å²) in [5, 5.41) is 8.32. The molecule has 15 heavy (non-hydrogen) atoms. The van der Waals surface area contributed by atoms with Crippen LogP contribution in [0.15, 0.2) is 0 Å². The molecular weight excluding hydrogens is 215 g/mol. The maximum atomic E-state index is 12.3. The fourth-order valence-corrected chi connectivity index (χ4v) is 2.53. The highest BCUT2D eigenvalue weighted by molar-refractivity contribution is 7.55. The Balaban J connectivity index is 4.65. The van der Waals surface area contributed by atoms with Gasteiger partial charge in [-0.3, -0.25) is 4.57 Å². The van der Waals surface area contributed by atoms with Crippen LogP contribution in [-0.4, -0.2) is 23.2 Å². The van der Waals surface area contributed by atoms with Gasteiger partial charge in [-0.2, -0.15) is 0 Å². The van der Waals surface area contributed by atoms with Crippen LogP contribution in [0.25, 0.3) is 0 Å². The van der Waals surface area contributed by atoms with Crippen LogP contribution in [0.3, 0.4) is 0 Å². The molecule has 0 aliphatic rings. The summed E-state index contributed by atoms with van der Waals surface area (Å²) < 4.78 is 22.7. The number of hydrogen-bond acceptors (Lipinski definition) is 4. The predicted octanol–water partition coefficient (Wildman–Crippen LogP) is 3.01. The Morgan fingerprint density at radius 1 is 1.27 bits per heavy atom. The van der Waals surface area contributed by atoms with E-state index in [9.17, 15) is 9.67 Å². The van der Waals surface area contributed by atoms with Gasteiger partial charge >= 0.3 is 7.60 Å². The Labute approximate surface area is 92.5 Å². The molecule has 0 aromatic heterocycles. The van der Waals surface area contributed by atoms with Gasteiger partial charge in [0.15, 0.2) is 5.34 Å². The van der Waals surface area contributed by atoms with E-state index in [0.29, 0.717) is 6.61 Å². The summed E-state index contributed by atoms with van der Waals surface area (Å²) in [5.74, 6) is 0.247. The van der Waals surface area contributed by atoms with E-state index in [1.807, 2.05) is 13.8 Å². The molecule has 1 unspecified atom stereocenters. The lowest BCUT2D eigenvalue weighted by Gasteiger charge is -2.30. The second-order valence-electron chi connectivity index (χ2n) is 4.84. The van der Waals surface area contributed by atoms with Crippen molar-refractivity contribution in [3.63, 3.8) is 0 Å². The molecule has 0 rings (SSSR count). The maximum absolute atomic E-state index is 12.3. The number of hydrogen-bond donors (Lipinski definition) is 1. The molecule has 0 radical (unpaired) electrons. The molecule has 0 saturated carbocycles. The fraction of sp³-hybridized carbons (Fsp3) is 1.00. The molecule has 1 atom stereocenters. The van der Waals surface area contributed by atoms with E-state index < -0.39 is 12.9 Å². The van der Waals surface area contributed by atoms with E-state index in [1.54, 1.807) is 13.8 Å². The van der Waals surface area contributed by atoms with E-state index in [1.165, 1.54) is 13.8 Å². The van der Waals surface area contributed by atoms with Crippen LogP contribution in [0.4, 0.5) is 0 Å². The van der Waals surface area contributed by atoms with Gasteiger partial charge in [-0.15, -0.1) is 0 Å².